The lowest BCUT2D eigenvalue weighted by Gasteiger charge is -2.43. The Kier molecular flexibility index (Phi) is 3.60. The molecule has 3 heteroatoms. The standard InChI is InChI=1S/C15H25NO2/c17-10-9-16(13-7-8-13)15(18)14(11-3-1-4-11)12-5-2-6-12/h11-14,17H,1-10H2. The van der Waals surface area contributed by atoms with Gasteiger partial charge >= 0.3 is 0 Å². The second-order valence-electron chi connectivity index (χ2n) is 6.39. The van der Waals surface area contributed by atoms with Crippen molar-refractivity contribution in [3.63, 3.8) is 0 Å². The van der Waals surface area contributed by atoms with Gasteiger partial charge in [-0.3, -0.25) is 4.79 Å². The number of carbonyl (C=O) groups excluding carboxylic acids is 1. The first-order chi connectivity index (χ1) is 8.81. The fraction of sp³-hybridized carbons (Fsp3) is 0.933. The molecule has 0 heterocycles. The van der Waals surface area contributed by atoms with Gasteiger partial charge in [0.1, 0.15) is 0 Å². The zero-order valence-electron chi connectivity index (χ0n) is 11.2. The fourth-order valence-electron chi connectivity index (χ4n) is 3.54. The minimum absolute atomic E-state index is 0.115. The van der Waals surface area contributed by atoms with Gasteiger partial charge in [0.25, 0.3) is 0 Å². The molecule has 0 radical (unpaired) electrons. The molecule has 0 atom stereocenters. The summed E-state index contributed by atoms with van der Waals surface area (Å²) in [6, 6.07) is 0.451. The van der Waals surface area contributed by atoms with E-state index in [-0.39, 0.29) is 6.61 Å². The molecule has 0 aromatic rings. The van der Waals surface area contributed by atoms with Crippen LogP contribution in [0, 0.1) is 17.8 Å². The van der Waals surface area contributed by atoms with Crippen molar-refractivity contribution < 1.29 is 9.90 Å². The Labute approximate surface area is 110 Å². The normalized spacial score (nSPS) is 24.8. The number of aliphatic hydroxyl groups excluding tert-OH is 1. The number of carbonyl (C=O) groups is 1. The molecule has 3 nitrogen and oxygen atoms in total. The highest BCUT2D eigenvalue weighted by atomic mass is 16.3. The van der Waals surface area contributed by atoms with Crippen LogP contribution in [0.4, 0.5) is 0 Å². The zero-order valence-corrected chi connectivity index (χ0v) is 11.2. The lowest BCUT2D eigenvalue weighted by Crippen LogP contribution is -2.47. The van der Waals surface area contributed by atoms with Gasteiger partial charge < -0.3 is 10.0 Å². The molecule has 1 amide bonds. The monoisotopic (exact) mass is 251 g/mol. The van der Waals surface area contributed by atoms with E-state index in [9.17, 15) is 4.79 Å². The largest absolute Gasteiger partial charge is 0.395 e. The predicted octanol–water partition coefficient (Wildman–Crippen LogP) is 2.19. The summed E-state index contributed by atoms with van der Waals surface area (Å²) in [5.74, 6) is 1.98. The maximum absolute atomic E-state index is 12.8. The van der Waals surface area contributed by atoms with E-state index in [1.54, 1.807) is 0 Å². The first-order valence-corrected chi connectivity index (χ1v) is 7.72. The van der Waals surface area contributed by atoms with Crippen LogP contribution in [-0.2, 0) is 4.79 Å². The lowest BCUT2D eigenvalue weighted by atomic mass is 9.64. The highest BCUT2D eigenvalue weighted by molar-refractivity contribution is 5.80. The number of aliphatic hydroxyl groups is 1. The number of amides is 1. The smallest absolute Gasteiger partial charge is 0.226 e. The van der Waals surface area contributed by atoms with Crippen LogP contribution in [0.25, 0.3) is 0 Å². The number of hydrogen-bond acceptors (Lipinski definition) is 2. The molecule has 0 spiro atoms. The van der Waals surface area contributed by atoms with Gasteiger partial charge in [-0.05, 0) is 50.4 Å². The fourth-order valence-corrected chi connectivity index (χ4v) is 3.54. The van der Waals surface area contributed by atoms with Crippen LogP contribution in [-0.4, -0.2) is 35.1 Å². The van der Waals surface area contributed by atoms with E-state index in [0.29, 0.717) is 36.2 Å². The van der Waals surface area contributed by atoms with E-state index in [1.165, 1.54) is 38.5 Å². The number of hydrogen-bond donors (Lipinski definition) is 1. The number of rotatable bonds is 6. The molecule has 0 unspecified atom stereocenters. The SMILES string of the molecule is O=C(C(C1CCC1)C1CCC1)N(CCO)C1CC1. The van der Waals surface area contributed by atoms with Gasteiger partial charge in [0.15, 0.2) is 0 Å². The molecule has 1 N–H and O–H groups in total. The molecule has 3 fully saturated rings. The van der Waals surface area contributed by atoms with E-state index < -0.39 is 0 Å². The third-order valence-corrected chi connectivity index (χ3v) is 5.21. The van der Waals surface area contributed by atoms with Crippen molar-refractivity contribution in [3.8, 4) is 0 Å². The molecule has 3 aliphatic carbocycles. The van der Waals surface area contributed by atoms with E-state index >= 15 is 0 Å². The molecule has 0 aliphatic heterocycles. The van der Waals surface area contributed by atoms with Crippen LogP contribution in [0.3, 0.4) is 0 Å². The van der Waals surface area contributed by atoms with Crippen molar-refractivity contribution >= 4 is 5.91 Å². The summed E-state index contributed by atoms with van der Waals surface area (Å²) < 4.78 is 0. The summed E-state index contributed by atoms with van der Waals surface area (Å²) in [4.78, 5) is 14.8. The Morgan fingerprint density at radius 2 is 1.61 bits per heavy atom. The Hall–Kier alpha value is -0.570. The van der Waals surface area contributed by atoms with Crippen LogP contribution in [0.15, 0.2) is 0 Å². The maximum Gasteiger partial charge on any atom is 0.226 e. The second-order valence-corrected chi connectivity index (χ2v) is 6.39. The second kappa shape index (κ2) is 5.20. The predicted molar refractivity (Wildman–Crippen MR) is 70.0 cm³/mol. The highest BCUT2D eigenvalue weighted by Gasteiger charge is 2.44. The Bertz CT molecular complexity index is 292. The summed E-state index contributed by atoms with van der Waals surface area (Å²) in [5.41, 5.74) is 0. The minimum atomic E-state index is 0.115. The van der Waals surface area contributed by atoms with E-state index in [4.69, 9.17) is 5.11 Å². The summed E-state index contributed by atoms with van der Waals surface area (Å²) >= 11 is 0. The molecular formula is C15H25NO2. The summed E-state index contributed by atoms with van der Waals surface area (Å²) in [5, 5.41) is 9.17. The van der Waals surface area contributed by atoms with E-state index in [2.05, 4.69) is 0 Å². The molecule has 0 aromatic heterocycles. The summed E-state index contributed by atoms with van der Waals surface area (Å²) in [7, 11) is 0. The molecule has 3 rings (SSSR count). The zero-order chi connectivity index (χ0) is 12.5. The average Bonchev–Trinajstić information content (AvgIpc) is 3.02. The van der Waals surface area contributed by atoms with Crippen molar-refractivity contribution in [1.82, 2.24) is 4.90 Å². The lowest BCUT2D eigenvalue weighted by molar-refractivity contribution is -0.144. The molecular weight excluding hydrogens is 226 g/mol. The Morgan fingerprint density at radius 1 is 1.06 bits per heavy atom. The van der Waals surface area contributed by atoms with Gasteiger partial charge in [-0.15, -0.1) is 0 Å². The van der Waals surface area contributed by atoms with Crippen molar-refractivity contribution in [3.05, 3.63) is 0 Å². The molecule has 0 saturated heterocycles. The first-order valence-electron chi connectivity index (χ1n) is 7.72. The van der Waals surface area contributed by atoms with E-state index in [0.717, 1.165) is 12.8 Å². The molecule has 3 aliphatic rings. The maximum atomic E-state index is 12.8. The van der Waals surface area contributed by atoms with Crippen LogP contribution >= 0.6 is 0 Å². The highest BCUT2D eigenvalue weighted by Crippen LogP contribution is 2.46. The minimum Gasteiger partial charge on any atom is -0.395 e. The van der Waals surface area contributed by atoms with Crippen LogP contribution in [0.5, 0.6) is 0 Å². The molecule has 102 valence electrons. The van der Waals surface area contributed by atoms with Crippen LogP contribution in [0.2, 0.25) is 0 Å². The van der Waals surface area contributed by atoms with Crippen LogP contribution in [0.1, 0.15) is 51.4 Å². The third-order valence-electron chi connectivity index (χ3n) is 5.21. The summed E-state index contributed by atoms with van der Waals surface area (Å²) in [6.45, 7) is 0.670. The average molecular weight is 251 g/mol. The van der Waals surface area contributed by atoms with Gasteiger partial charge in [-0.1, -0.05) is 12.8 Å². The van der Waals surface area contributed by atoms with E-state index in [1.807, 2.05) is 4.90 Å². The van der Waals surface area contributed by atoms with Gasteiger partial charge in [0.2, 0.25) is 5.91 Å². The molecule has 3 saturated carbocycles. The summed E-state index contributed by atoms with van der Waals surface area (Å²) in [6.07, 6.45) is 9.93. The third kappa shape index (κ3) is 2.29. The topological polar surface area (TPSA) is 40.5 Å². The number of nitrogens with zero attached hydrogens (tertiary/aromatic N) is 1. The van der Waals surface area contributed by atoms with Crippen molar-refractivity contribution in [2.45, 2.75) is 57.4 Å². The van der Waals surface area contributed by atoms with Crippen molar-refractivity contribution in [2.24, 2.45) is 17.8 Å². The van der Waals surface area contributed by atoms with Gasteiger partial charge in [0, 0.05) is 18.5 Å². The first kappa shape index (κ1) is 12.5. The van der Waals surface area contributed by atoms with Crippen molar-refractivity contribution in [2.75, 3.05) is 13.2 Å². The van der Waals surface area contributed by atoms with Crippen LogP contribution < -0.4 is 0 Å². The Morgan fingerprint density at radius 3 is 1.94 bits per heavy atom. The van der Waals surface area contributed by atoms with Crippen molar-refractivity contribution in [1.29, 1.82) is 0 Å². The van der Waals surface area contributed by atoms with Gasteiger partial charge in [-0.2, -0.15) is 0 Å². The Balaban J connectivity index is 1.68. The molecule has 0 aromatic carbocycles. The molecule has 0 bridgehead atoms. The molecule has 18 heavy (non-hydrogen) atoms. The quantitative estimate of drug-likeness (QED) is 0.786. The van der Waals surface area contributed by atoms with Gasteiger partial charge in [-0.25, -0.2) is 0 Å². The van der Waals surface area contributed by atoms with Gasteiger partial charge in [0.05, 0.1) is 6.61 Å².